The molecule has 11 nitrogen and oxygen atoms in total. The second kappa shape index (κ2) is 10.4. The third-order valence-corrected chi connectivity index (χ3v) is 4.49. The van der Waals surface area contributed by atoms with Gasteiger partial charge in [-0.05, 0) is 18.6 Å². The highest BCUT2D eigenvalue weighted by atomic mass is 16.4. The lowest BCUT2D eigenvalue weighted by atomic mass is 10.0. The molecule has 1 aromatic carbocycles. The van der Waals surface area contributed by atoms with E-state index in [-0.39, 0.29) is 13.0 Å². The molecule has 30 heavy (non-hydrogen) atoms. The molecule has 0 aliphatic rings. The van der Waals surface area contributed by atoms with Gasteiger partial charge in [0.15, 0.2) is 0 Å². The summed E-state index contributed by atoms with van der Waals surface area (Å²) in [5.41, 5.74) is 6.99. The topological polar surface area (TPSA) is 187 Å². The Bertz CT molecular complexity index is 927. The zero-order valence-electron chi connectivity index (χ0n) is 16.3. The summed E-state index contributed by atoms with van der Waals surface area (Å²) in [4.78, 5) is 50.7. The number of aromatic nitrogens is 1. The number of H-pyrrole nitrogens is 1. The van der Waals surface area contributed by atoms with Gasteiger partial charge in [-0.1, -0.05) is 18.2 Å². The number of carbonyl (C=O) groups is 4. The number of hydrogen-bond donors (Lipinski definition) is 7. The largest absolute Gasteiger partial charge is 0.480 e. The molecule has 0 saturated heterocycles. The number of carboxylic acid groups (broad SMARTS) is 1. The summed E-state index contributed by atoms with van der Waals surface area (Å²) < 4.78 is 0. The van der Waals surface area contributed by atoms with Gasteiger partial charge in [0, 0.05) is 23.5 Å². The van der Waals surface area contributed by atoms with E-state index in [4.69, 9.17) is 15.9 Å². The third kappa shape index (κ3) is 5.78. The average molecular weight is 419 g/mol. The van der Waals surface area contributed by atoms with Crippen LogP contribution in [-0.2, 0) is 25.6 Å². The molecule has 3 atom stereocenters. The number of aliphatic hydroxyl groups excluding tert-OH is 1. The number of aliphatic hydroxyl groups is 1. The van der Waals surface area contributed by atoms with Gasteiger partial charge in [0.1, 0.15) is 18.1 Å². The molecule has 2 aromatic rings. The van der Waals surface area contributed by atoms with Gasteiger partial charge in [-0.15, -0.1) is 0 Å². The fourth-order valence-corrected chi connectivity index (χ4v) is 2.84. The molecule has 3 unspecified atom stereocenters. The molecule has 0 bridgehead atoms. The maximum absolute atomic E-state index is 12.7. The highest BCUT2D eigenvalue weighted by Crippen LogP contribution is 2.19. The molecule has 2 rings (SSSR count). The Kier molecular flexibility index (Phi) is 7.90. The summed E-state index contributed by atoms with van der Waals surface area (Å²) in [6, 6.07) is 3.85. The number of amides is 3. The van der Waals surface area contributed by atoms with Crippen LogP contribution in [0.5, 0.6) is 0 Å². The third-order valence-electron chi connectivity index (χ3n) is 4.49. The van der Waals surface area contributed by atoms with Crippen LogP contribution in [0.25, 0.3) is 10.9 Å². The summed E-state index contributed by atoms with van der Waals surface area (Å²) in [7, 11) is 0. The van der Waals surface area contributed by atoms with Crippen LogP contribution in [0.1, 0.15) is 12.5 Å². The first kappa shape index (κ1) is 22.8. The number of carboxylic acids is 1. The minimum absolute atomic E-state index is 0.143. The molecule has 0 radical (unpaired) electrons. The Morgan fingerprint density at radius 2 is 1.77 bits per heavy atom. The second-order valence-electron chi connectivity index (χ2n) is 6.70. The van der Waals surface area contributed by atoms with Crippen molar-refractivity contribution >= 4 is 34.6 Å². The van der Waals surface area contributed by atoms with Crippen molar-refractivity contribution in [1.82, 2.24) is 20.9 Å². The number of hydrogen-bond acceptors (Lipinski definition) is 6. The number of aliphatic carboxylic acids is 1. The zero-order chi connectivity index (χ0) is 22.3. The van der Waals surface area contributed by atoms with Crippen molar-refractivity contribution < 1.29 is 29.4 Å². The van der Waals surface area contributed by atoms with E-state index >= 15 is 0 Å². The van der Waals surface area contributed by atoms with Crippen LogP contribution in [0, 0.1) is 0 Å². The van der Waals surface area contributed by atoms with Crippen LogP contribution in [0.4, 0.5) is 0 Å². The van der Waals surface area contributed by atoms with Gasteiger partial charge >= 0.3 is 5.97 Å². The normalized spacial score (nSPS) is 13.8. The number of fused-ring (bicyclic) bond motifs is 1. The Labute approximate surface area is 172 Å². The molecular formula is C19H25N5O6. The van der Waals surface area contributed by atoms with E-state index < -0.39 is 48.4 Å². The number of benzene rings is 1. The highest BCUT2D eigenvalue weighted by Gasteiger charge is 2.27. The van der Waals surface area contributed by atoms with E-state index in [9.17, 15) is 19.2 Å². The van der Waals surface area contributed by atoms with Crippen molar-refractivity contribution in [2.75, 3.05) is 13.2 Å². The summed E-state index contributed by atoms with van der Waals surface area (Å²) in [6.07, 6.45) is 1.87. The number of aromatic amines is 1. The van der Waals surface area contributed by atoms with Gasteiger partial charge in [-0.3, -0.25) is 14.4 Å². The molecule has 8 N–H and O–H groups in total. The Morgan fingerprint density at radius 1 is 1.07 bits per heavy atom. The number of rotatable bonds is 10. The SMILES string of the molecule is CC(NC(=O)C(Cc1c[nH]c2ccccc12)NC(=O)CN)C(=O)NC(CO)C(=O)O. The van der Waals surface area contributed by atoms with Gasteiger partial charge in [0.25, 0.3) is 0 Å². The first-order chi connectivity index (χ1) is 14.3. The van der Waals surface area contributed by atoms with Crippen LogP contribution < -0.4 is 21.7 Å². The Balaban J connectivity index is 2.12. The summed E-state index contributed by atoms with van der Waals surface area (Å²) in [5, 5.41) is 25.9. The molecule has 0 aliphatic heterocycles. The monoisotopic (exact) mass is 419 g/mol. The number of nitrogens with two attached hydrogens (primary N) is 1. The van der Waals surface area contributed by atoms with Crippen molar-refractivity contribution in [3.8, 4) is 0 Å². The second-order valence-corrected chi connectivity index (χ2v) is 6.70. The van der Waals surface area contributed by atoms with Crippen LogP contribution in [-0.4, -0.2) is 70.2 Å². The van der Waals surface area contributed by atoms with E-state index in [0.717, 1.165) is 16.5 Å². The summed E-state index contributed by atoms with van der Waals surface area (Å²) in [5.74, 6) is -3.38. The molecule has 0 fully saturated rings. The predicted molar refractivity (Wildman–Crippen MR) is 107 cm³/mol. The molecule has 0 saturated carbocycles. The molecule has 3 amide bonds. The van der Waals surface area contributed by atoms with Crippen LogP contribution in [0.2, 0.25) is 0 Å². The quantitative estimate of drug-likeness (QED) is 0.237. The van der Waals surface area contributed by atoms with Gasteiger partial charge in [-0.25, -0.2) is 4.79 Å². The first-order valence-corrected chi connectivity index (χ1v) is 9.25. The van der Waals surface area contributed by atoms with Crippen molar-refractivity contribution in [3.05, 3.63) is 36.0 Å². The molecule has 1 heterocycles. The van der Waals surface area contributed by atoms with Crippen molar-refractivity contribution in [3.63, 3.8) is 0 Å². The Morgan fingerprint density at radius 3 is 2.40 bits per heavy atom. The minimum Gasteiger partial charge on any atom is -0.480 e. The maximum Gasteiger partial charge on any atom is 0.328 e. The minimum atomic E-state index is -1.49. The number of para-hydroxylation sites is 1. The summed E-state index contributed by atoms with van der Waals surface area (Å²) >= 11 is 0. The highest BCUT2D eigenvalue weighted by molar-refractivity contribution is 5.94. The smallest absolute Gasteiger partial charge is 0.328 e. The molecule has 1 aromatic heterocycles. The van der Waals surface area contributed by atoms with Gasteiger partial charge < -0.3 is 36.9 Å². The van der Waals surface area contributed by atoms with Crippen molar-refractivity contribution in [2.24, 2.45) is 5.73 Å². The molecule has 162 valence electrons. The van der Waals surface area contributed by atoms with Gasteiger partial charge in [0.2, 0.25) is 17.7 Å². The molecule has 0 aliphatic carbocycles. The van der Waals surface area contributed by atoms with Crippen LogP contribution >= 0.6 is 0 Å². The standard InChI is InChI=1S/C19H25N5O6/c1-10(17(27)24-15(9-25)19(29)30)22-18(28)14(23-16(26)7-20)6-11-8-21-13-5-3-2-4-12(11)13/h2-5,8,10,14-15,21,25H,6-7,9,20H2,1H3,(H,22,28)(H,23,26)(H,24,27)(H,29,30). The van der Waals surface area contributed by atoms with E-state index in [1.807, 2.05) is 24.3 Å². The van der Waals surface area contributed by atoms with Crippen LogP contribution in [0.15, 0.2) is 30.5 Å². The lowest BCUT2D eigenvalue weighted by molar-refractivity contribution is -0.143. The fraction of sp³-hybridized carbons (Fsp3) is 0.368. The van der Waals surface area contributed by atoms with Gasteiger partial charge in [0.05, 0.1) is 13.2 Å². The fourth-order valence-electron chi connectivity index (χ4n) is 2.84. The first-order valence-electron chi connectivity index (χ1n) is 9.25. The number of nitrogens with one attached hydrogen (secondary N) is 4. The lowest BCUT2D eigenvalue weighted by Gasteiger charge is -2.22. The van der Waals surface area contributed by atoms with E-state index in [0.29, 0.717) is 0 Å². The van der Waals surface area contributed by atoms with E-state index in [2.05, 4.69) is 20.9 Å². The van der Waals surface area contributed by atoms with E-state index in [1.54, 1.807) is 6.20 Å². The number of carbonyl (C=O) groups excluding carboxylic acids is 3. The van der Waals surface area contributed by atoms with Gasteiger partial charge in [-0.2, -0.15) is 0 Å². The maximum atomic E-state index is 12.7. The molecule has 11 heteroatoms. The van der Waals surface area contributed by atoms with Crippen molar-refractivity contribution in [2.45, 2.75) is 31.5 Å². The Hall–Kier alpha value is -3.44. The molecular weight excluding hydrogens is 394 g/mol. The summed E-state index contributed by atoms with van der Waals surface area (Å²) in [6.45, 7) is 0.249. The van der Waals surface area contributed by atoms with E-state index in [1.165, 1.54) is 6.92 Å². The average Bonchev–Trinajstić information content (AvgIpc) is 3.13. The lowest BCUT2D eigenvalue weighted by Crippen LogP contribution is -2.56. The van der Waals surface area contributed by atoms with Crippen LogP contribution in [0.3, 0.4) is 0 Å². The zero-order valence-corrected chi connectivity index (χ0v) is 16.3. The molecule has 0 spiro atoms. The van der Waals surface area contributed by atoms with Crippen molar-refractivity contribution in [1.29, 1.82) is 0 Å². The predicted octanol–water partition coefficient (Wildman–Crippen LogP) is -1.78.